The topological polar surface area (TPSA) is 70.7 Å². The van der Waals surface area contributed by atoms with Gasteiger partial charge >= 0.3 is 90.0 Å². The number of aromatic nitrogens is 3. The van der Waals surface area contributed by atoms with Crippen molar-refractivity contribution in [2.24, 2.45) is 0 Å². The van der Waals surface area contributed by atoms with E-state index < -0.39 is 6.51 Å². The summed E-state index contributed by atoms with van der Waals surface area (Å²) in [7, 11) is 0. The molecule has 0 saturated carbocycles. The van der Waals surface area contributed by atoms with Crippen LogP contribution in [0.25, 0.3) is 0 Å². The van der Waals surface area contributed by atoms with Crippen molar-refractivity contribution < 1.29 is 6.51 Å². The Labute approximate surface area is 90.2 Å². The first-order valence-corrected chi connectivity index (χ1v) is 13.4. The van der Waals surface area contributed by atoms with E-state index in [9.17, 15) is 9.59 Å². The molecule has 0 aliphatic carbocycles. The molecule has 94 valence electrons. The van der Waals surface area contributed by atoms with E-state index in [4.69, 9.17) is 0 Å². The van der Waals surface area contributed by atoms with Gasteiger partial charge in [0.25, 0.3) is 0 Å². The maximum absolute atomic E-state index is 12.2. The fourth-order valence-electron chi connectivity index (χ4n) is 17.2. The number of hydrogen-bond donors (Lipinski definition) is 2. The van der Waals surface area contributed by atoms with Gasteiger partial charge in [-0.15, -0.1) is 0 Å². The van der Waals surface area contributed by atoms with Gasteiger partial charge in [-0.1, -0.05) is 0 Å². The summed E-state index contributed by atoms with van der Waals surface area (Å²) in [5.74, 6) is 0. The van der Waals surface area contributed by atoms with Crippen LogP contribution in [0.5, 0.6) is 0 Å². The summed E-state index contributed by atoms with van der Waals surface area (Å²) in [4.78, 5) is 36.5. The van der Waals surface area contributed by atoms with Crippen LogP contribution in [0.15, 0.2) is 9.59 Å². The van der Waals surface area contributed by atoms with Crippen molar-refractivity contribution in [2.45, 2.75) is 47.8 Å². The molecule has 1 aromatic rings. The Kier molecular flexibility index (Phi) is 0.166. The van der Waals surface area contributed by atoms with Gasteiger partial charge in [0.05, 0.1) is 0 Å². The number of rotatable bonds is 1. The van der Waals surface area contributed by atoms with E-state index >= 15 is 0 Å². The summed E-state index contributed by atoms with van der Waals surface area (Å²) in [6.45, 7) is -3.27. The zero-order chi connectivity index (χ0) is 11.2. The molecule has 0 amide bonds. The second-order valence-electron chi connectivity index (χ2n) is 10.8. The summed E-state index contributed by atoms with van der Waals surface area (Å²) < 4.78 is 2.20. The molecule has 11 heterocycles. The Morgan fingerprint density at radius 3 is 1.78 bits per heavy atom. The van der Waals surface area contributed by atoms with Gasteiger partial charge in [0, 0.05) is 0 Å². The Hall–Kier alpha value is -0.741. The van der Waals surface area contributed by atoms with Crippen LogP contribution in [0.4, 0.5) is 0 Å². The summed E-state index contributed by atoms with van der Waals surface area (Å²) in [6.07, 6.45) is 0. The molecule has 10 aliphatic rings. The second kappa shape index (κ2) is 0.486. The summed E-state index contributed by atoms with van der Waals surface area (Å²) >= 11 is 0. The molecule has 0 bridgehead atoms. The molecule has 5 nitrogen and oxygen atoms in total. The standard InChI is InChI=1S/C7H6N3O2.C5H5.Fe/c11-6-8-7(12)10(9-6)5-3-1-2-4-5;1-2-4-5-3-1;/h1-4H,(H2,8,9,11,12);1-5H;. The minimum absolute atomic E-state index is 0.118. The third kappa shape index (κ3) is 0.0585. The van der Waals surface area contributed by atoms with Gasteiger partial charge in [-0.05, 0) is 0 Å². The van der Waals surface area contributed by atoms with E-state index in [1.54, 1.807) is 0 Å². The van der Waals surface area contributed by atoms with Crippen molar-refractivity contribution in [1.82, 2.24) is 14.8 Å². The molecule has 2 N–H and O–H groups in total. The first-order valence-electron chi connectivity index (χ1n) is 7.09. The average molecular weight is 285 g/mol. The minimum atomic E-state index is -3.27. The molecule has 10 aliphatic heterocycles. The predicted molar refractivity (Wildman–Crippen MR) is 57.4 cm³/mol. The fourth-order valence-corrected chi connectivity index (χ4v) is 90.7. The second-order valence-corrected chi connectivity index (χ2v) is 34.4. The first kappa shape index (κ1) is 6.14. The van der Waals surface area contributed by atoms with Gasteiger partial charge < -0.3 is 0 Å². The van der Waals surface area contributed by atoms with Crippen LogP contribution in [-0.4, -0.2) is 14.8 Å². The van der Waals surface area contributed by atoms with E-state index in [1.807, 2.05) is 4.68 Å². The number of fused-ring (bicyclic) bond motifs is 10. The van der Waals surface area contributed by atoms with E-state index in [-0.39, 0.29) is 11.4 Å². The van der Waals surface area contributed by atoms with Crippen LogP contribution in [0.2, 0.25) is 43.3 Å². The normalized spacial score (nSPS) is 113. The summed E-state index contributed by atoms with van der Waals surface area (Å²) in [5, 5.41) is 2.89. The third-order valence-corrected chi connectivity index (χ3v) is 57.7. The molecule has 1 aromatic heterocycles. The van der Waals surface area contributed by atoms with Crippen LogP contribution in [0.1, 0.15) is 0 Å². The van der Waals surface area contributed by atoms with Crippen molar-refractivity contribution in [3.8, 4) is 0 Å². The Morgan fingerprint density at radius 1 is 0.944 bits per heavy atom. The van der Waals surface area contributed by atoms with Crippen LogP contribution in [-0.2, 0) is 10.9 Å². The van der Waals surface area contributed by atoms with Crippen molar-refractivity contribution in [3.63, 3.8) is 0 Å². The zero-order valence-corrected chi connectivity index (χ0v) is 10.4. The van der Waals surface area contributed by atoms with E-state index in [1.165, 1.54) is 33.7 Å². The quantitative estimate of drug-likeness (QED) is 0.759. The maximum atomic E-state index is 12.2. The molecule has 1 spiro atoms. The van der Waals surface area contributed by atoms with Crippen LogP contribution in [0, 0.1) is 0 Å². The molecule has 10 saturated heterocycles. The van der Waals surface area contributed by atoms with Gasteiger partial charge in [-0.3, -0.25) is 0 Å². The van der Waals surface area contributed by atoms with Gasteiger partial charge in [-0.2, -0.15) is 0 Å². The first-order chi connectivity index (χ1) is 8.46. The van der Waals surface area contributed by atoms with Gasteiger partial charge in [-0.25, -0.2) is 0 Å². The summed E-state index contributed by atoms with van der Waals surface area (Å²) in [6, 6.07) is 0. The third-order valence-electron chi connectivity index (χ3n) is 15.6. The molecule has 0 radical (unpaired) electrons. The number of H-pyrrole nitrogens is 2. The van der Waals surface area contributed by atoms with Crippen LogP contribution in [0.3, 0.4) is 0 Å². The molecule has 4 unspecified atom stereocenters. The van der Waals surface area contributed by atoms with Crippen molar-refractivity contribution >= 4 is 0 Å². The summed E-state index contributed by atoms with van der Waals surface area (Å²) in [5.41, 5.74) is -0.399. The SMILES string of the molecule is O=c1[nH]c(=O)n([C]23[CH]4[CH]5[CH]6[CH]2[Fe]56432789[CH]3[CH]2[CH]7[CH]8[CH]39)[nH]1. The monoisotopic (exact) mass is 285 g/mol. The zero-order valence-electron chi connectivity index (χ0n) is 9.31. The predicted octanol–water partition coefficient (Wildman–Crippen LogP) is 1.12. The molecule has 0 aromatic carbocycles. The van der Waals surface area contributed by atoms with E-state index in [0.717, 1.165) is 9.63 Å². The van der Waals surface area contributed by atoms with E-state index in [0.29, 0.717) is 4.44 Å². The average Bonchev–Trinajstić information content (AvgIpc) is 3.25. The number of nitrogens with one attached hydrogen (secondary N) is 2. The van der Waals surface area contributed by atoms with Crippen molar-refractivity contribution in [2.75, 3.05) is 0 Å². The molecular formula is C12H11FeN3O2. The fraction of sp³-hybridized carbons (Fsp3) is 0.833. The van der Waals surface area contributed by atoms with Gasteiger partial charge in [0.1, 0.15) is 0 Å². The molecule has 4 atom stereocenters. The van der Waals surface area contributed by atoms with Gasteiger partial charge in [0.15, 0.2) is 0 Å². The van der Waals surface area contributed by atoms with Crippen molar-refractivity contribution in [3.05, 3.63) is 21.0 Å². The molecular weight excluding hydrogens is 274 g/mol. The van der Waals surface area contributed by atoms with Crippen molar-refractivity contribution in [1.29, 1.82) is 0 Å². The Morgan fingerprint density at radius 2 is 1.50 bits per heavy atom. The molecule has 10 fully saturated rings. The Bertz CT molecular complexity index is 1220. The molecule has 18 heavy (non-hydrogen) atoms. The van der Waals surface area contributed by atoms with Crippen LogP contribution < -0.4 is 11.4 Å². The van der Waals surface area contributed by atoms with E-state index in [2.05, 4.69) is 10.1 Å². The molecule has 6 heteroatoms. The molecule has 11 rings (SSSR count). The number of nitrogens with zero attached hydrogens (tertiary/aromatic N) is 1. The number of hydrogen-bond acceptors (Lipinski definition) is 2. The van der Waals surface area contributed by atoms with Crippen LogP contribution >= 0.6 is 0 Å². The number of aromatic amines is 2. The Balaban J connectivity index is 1.65. The van der Waals surface area contributed by atoms with Gasteiger partial charge in [0.2, 0.25) is 0 Å².